The number of ether oxygens (including phenoxy) is 1. The Kier molecular flexibility index (Phi) is 9.42. The molecule has 1 saturated carbocycles. The van der Waals surface area contributed by atoms with Gasteiger partial charge < -0.3 is 19.9 Å². The van der Waals surface area contributed by atoms with E-state index in [1.165, 1.54) is 19.3 Å². The molecule has 28 heavy (non-hydrogen) atoms. The fourth-order valence-corrected chi connectivity index (χ4v) is 3.69. The first-order chi connectivity index (χ1) is 13.1. The second-order valence-electron chi connectivity index (χ2n) is 7.72. The number of rotatable bonds is 9. The molecule has 1 aliphatic carbocycles. The van der Waals surface area contributed by atoms with E-state index in [0.29, 0.717) is 18.6 Å². The van der Waals surface area contributed by atoms with Crippen molar-refractivity contribution in [1.29, 1.82) is 0 Å². The van der Waals surface area contributed by atoms with E-state index in [-0.39, 0.29) is 24.0 Å². The molecule has 0 radical (unpaired) electrons. The molecule has 0 bridgehead atoms. The van der Waals surface area contributed by atoms with Crippen molar-refractivity contribution in [2.24, 2.45) is 12.0 Å². The minimum absolute atomic E-state index is 0. The first kappa shape index (κ1) is 23.3. The molecule has 0 spiro atoms. The normalized spacial score (nSPS) is 22.9. The molecule has 0 aromatic carbocycles. The van der Waals surface area contributed by atoms with Gasteiger partial charge in [0.1, 0.15) is 12.4 Å². The monoisotopic (exact) mass is 505 g/mol. The maximum atomic E-state index is 5.43. The average Bonchev–Trinajstić information content (AvgIpc) is 3.36. The van der Waals surface area contributed by atoms with E-state index in [1.54, 1.807) is 0 Å². The molecular formula is C19H36IN7O. The standard InChI is InChI=1S/C19H35N7O.HI/c1-5-27-10-6-9-20-19(21-12-18-24-23-15(3)25(18)4)22-16-11-14(2)26(13-16)17-7-8-17;/h14,16-17H,5-13H2,1-4H3,(H2,20,21,22);1H. The second kappa shape index (κ2) is 11.3. The van der Waals surface area contributed by atoms with Crippen LogP contribution in [0.4, 0.5) is 0 Å². The highest BCUT2D eigenvalue weighted by Crippen LogP contribution is 2.33. The molecule has 1 aromatic heterocycles. The molecule has 8 nitrogen and oxygen atoms in total. The fraction of sp³-hybridized carbons (Fsp3) is 0.842. The van der Waals surface area contributed by atoms with Gasteiger partial charge in [-0.25, -0.2) is 4.99 Å². The van der Waals surface area contributed by atoms with Gasteiger partial charge in [0.15, 0.2) is 11.8 Å². The van der Waals surface area contributed by atoms with Crippen molar-refractivity contribution in [2.45, 2.75) is 71.1 Å². The van der Waals surface area contributed by atoms with Crippen LogP contribution in [-0.4, -0.2) is 70.1 Å². The van der Waals surface area contributed by atoms with Crippen LogP contribution in [0.2, 0.25) is 0 Å². The molecule has 1 aliphatic heterocycles. The van der Waals surface area contributed by atoms with E-state index in [0.717, 1.165) is 56.4 Å². The molecule has 0 amide bonds. The zero-order chi connectivity index (χ0) is 19.2. The SMILES string of the molecule is CCOCCCNC(=NCc1nnc(C)n1C)NC1CC(C)N(C2CC2)C1.I. The smallest absolute Gasteiger partial charge is 0.191 e. The Balaban J connectivity index is 0.00000280. The van der Waals surface area contributed by atoms with E-state index in [9.17, 15) is 0 Å². The fourth-order valence-electron chi connectivity index (χ4n) is 3.69. The summed E-state index contributed by atoms with van der Waals surface area (Å²) in [5, 5.41) is 15.4. The molecule has 2 unspecified atom stereocenters. The minimum Gasteiger partial charge on any atom is -0.382 e. The van der Waals surface area contributed by atoms with Crippen molar-refractivity contribution in [3.8, 4) is 0 Å². The summed E-state index contributed by atoms with van der Waals surface area (Å²) in [4.78, 5) is 7.42. The van der Waals surface area contributed by atoms with Gasteiger partial charge in [0.25, 0.3) is 0 Å². The molecule has 2 atom stereocenters. The Morgan fingerprint density at radius 3 is 2.75 bits per heavy atom. The van der Waals surface area contributed by atoms with E-state index in [2.05, 4.69) is 32.7 Å². The van der Waals surface area contributed by atoms with Crippen LogP contribution in [0.3, 0.4) is 0 Å². The van der Waals surface area contributed by atoms with Gasteiger partial charge in [0, 0.05) is 51.5 Å². The summed E-state index contributed by atoms with van der Waals surface area (Å²) in [6, 6.07) is 1.91. The summed E-state index contributed by atoms with van der Waals surface area (Å²) in [6.07, 6.45) is 4.85. The van der Waals surface area contributed by atoms with Crippen LogP contribution in [0.5, 0.6) is 0 Å². The topological polar surface area (TPSA) is 79.6 Å². The number of halogens is 1. The lowest BCUT2D eigenvalue weighted by molar-refractivity contribution is 0.145. The lowest BCUT2D eigenvalue weighted by Gasteiger charge is -2.20. The summed E-state index contributed by atoms with van der Waals surface area (Å²) >= 11 is 0. The molecular weight excluding hydrogens is 469 g/mol. The van der Waals surface area contributed by atoms with Crippen molar-refractivity contribution in [3.05, 3.63) is 11.6 Å². The molecule has 2 aliphatic rings. The van der Waals surface area contributed by atoms with Gasteiger partial charge >= 0.3 is 0 Å². The number of aromatic nitrogens is 3. The number of aliphatic imine (C=N–C) groups is 1. The first-order valence-corrected chi connectivity index (χ1v) is 10.3. The van der Waals surface area contributed by atoms with Crippen molar-refractivity contribution in [3.63, 3.8) is 0 Å². The Morgan fingerprint density at radius 1 is 1.32 bits per heavy atom. The summed E-state index contributed by atoms with van der Waals surface area (Å²) < 4.78 is 7.42. The van der Waals surface area contributed by atoms with Crippen LogP contribution in [0.15, 0.2) is 4.99 Å². The van der Waals surface area contributed by atoms with Gasteiger partial charge in [-0.15, -0.1) is 34.2 Å². The van der Waals surface area contributed by atoms with Crippen molar-refractivity contribution >= 4 is 29.9 Å². The lowest BCUT2D eigenvalue weighted by atomic mass is 10.2. The van der Waals surface area contributed by atoms with Crippen LogP contribution >= 0.6 is 24.0 Å². The van der Waals surface area contributed by atoms with Gasteiger partial charge in [-0.3, -0.25) is 4.90 Å². The van der Waals surface area contributed by atoms with E-state index in [4.69, 9.17) is 9.73 Å². The highest BCUT2D eigenvalue weighted by Gasteiger charge is 2.38. The number of aryl methyl sites for hydroxylation is 1. The number of likely N-dealkylation sites (tertiary alicyclic amines) is 1. The minimum atomic E-state index is 0. The van der Waals surface area contributed by atoms with E-state index >= 15 is 0 Å². The Morgan fingerprint density at radius 2 is 2.11 bits per heavy atom. The maximum absolute atomic E-state index is 5.43. The predicted molar refractivity (Wildman–Crippen MR) is 122 cm³/mol. The predicted octanol–water partition coefficient (Wildman–Crippen LogP) is 1.83. The van der Waals surface area contributed by atoms with Gasteiger partial charge in [0.05, 0.1) is 0 Å². The van der Waals surface area contributed by atoms with Crippen molar-refractivity contribution in [2.75, 3.05) is 26.3 Å². The highest BCUT2D eigenvalue weighted by molar-refractivity contribution is 14.0. The van der Waals surface area contributed by atoms with Crippen molar-refractivity contribution < 1.29 is 4.74 Å². The second-order valence-corrected chi connectivity index (χ2v) is 7.72. The van der Waals surface area contributed by atoms with Gasteiger partial charge in [-0.2, -0.15) is 0 Å². The van der Waals surface area contributed by atoms with Crippen LogP contribution in [0.1, 0.15) is 51.2 Å². The van der Waals surface area contributed by atoms with Gasteiger partial charge in [-0.1, -0.05) is 0 Å². The zero-order valence-electron chi connectivity index (χ0n) is 17.6. The molecule has 3 rings (SSSR count). The summed E-state index contributed by atoms with van der Waals surface area (Å²) in [5.74, 6) is 2.65. The van der Waals surface area contributed by atoms with E-state index < -0.39 is 0 Å². The van der Waals surface area contributed by atoms with Gasteiger partial charge in [-0.05, 0) is 46.5 Å². The summed E-state index contributed by atoms with van der Waals surface area (Å²) in [6.45, 7) is 10.3. The number of hydrogen-bond donors (Lipinski definition) is 2. The van der Waals surface area contributed by atoms with E-state index in [1.807, 2.05) is 25.5 Å². The third kappa shape index (κ3) is 6.55. The molecule has 160 valence electrons. The lowest BCUT2D eigenvalue weighted by Crippen LogP contribution is -2.45. The quantitative estimate of drug-likeness (QED) is 0.231. The largest absolute Gasteiger partial charge is 0.382 e. The zero-order valence-corrected chi connectivity index (χ0v) is 20.0. The first-order valence-electron chi connectivity index (χ1n) is 10.3. The number of nitrogens with zero attached hydrogens (tertiary/aromatic N) is 5. The Labute approximate surface area is 185 Å². The molecule has 2 N–H and O–H groups in total. The van der Waals surface area contributed by atoms with Crippen LogP contribution in [-0.2, 0) is 18.3 Å². The van der Waals surface area contributed by atoms with Crippen LogP contribution in [0.25, 0.3) is 0 Å². The number of hydrogen-bond acceptors (Lipinski definition) is 5. The Hall–Kier alpha value is -0.940. The molecule has 9 heteroatoms. The van der Waals surface area contributed by atoms with Crippen LogP contribution in [0, 0.1) is 6.92 Å². The third-order valence-electron chi connectivity index (χ3n) is 5.50. The molecule has 2 heterocycles. The highest BCUT2D eigenvalue weighted by atomic mass is 127. The average molecular weight is 505 g/mol. The number of guanidine groups is 1. The number of nitrogens with one attached hydrogen (secondary N) is 2. The molecule has 1 aromatic rings. The maximum Gasteiger partial charge on any atom is 0.191 e. The third-order valence-corrected chi connectivity index (χ3v) is 5.50. The summed E-state index contributed by atoms with van der Waals surface area (Å²) in [5.41, 5.74) is 0. The van der Waals surface area contributed by atoms with Crippen molar-refractivity contribution in [1.82, 2.24) is 30.3 Å². The molecule has 1 saturated heterocycles. The van der Waals surface area contributed by atoms with Crippen LogP contribution < -0.4 is 10.6 Å². The van der Waals surface area contributed by atoms with Gasteiger partial charge in [0.2, 0.25) is 0 Å². The molecule has 2 fully saturated rings. The Bertz CT molecular complexity index is 632. The summed E-state index contributed by atoms with van der Waals surface area (Å²) in [7, 11) is 1.98.